The molecule has 0 saturated heterocycles. The Hall–Kier alpha value is -2.87. The third-order valence-corrected chi connectivity index (χ3v) is 5.74. The standard InChI is InChI=1S/C24H29FN4O2S/c1-5-31-19-12-10-18(11-13-19)15-28(4)22(30)16-32-24-27-26-23(29(24)14-17(2)3)20-8-6-7-9-21(20)25/h6-13,17H,5,14-16H2,1-4H3. The van der Waals surface area contributed by atoms with Gasteiger partial charge in [0, 0.05) is 20.1 Å². The van der Waals surface area contributed by atoms with Gasteiger partial charge < -0.3 is 14.2 Å². The van der Waals surface area contributed by atoms with Crippen LogP contribution in [0.5, 0.6) is 5.75 Å². The van der Waals surface area contributed by atoms with Gasteiger partial charge in [0.25, 0.3) is 0 Å². The summed E-state index contributed by atoms with van der Waals surface area (Å²) in [6.45, 7) is 7.86. The fourth-order valence-electron chi connectivity index (χ4n) is 3.22. The van der Waals surface area contributed by atoms with Crippen molar-refractivity contribution in [2.45, 2.75) is 39.0 Å². The molecule has 1 aromatic heterocycles. The maximum atomic E-state index is 14.3. The van der Waals surface area contributed by atoms with Crippen LogP contribution >= 0.6 is 11.8 Å². The Morgan fingerprint density at radius 2 is 1.88 bits per heavy atom. The molecule has 32 heavy (non-hydrogen) atoms. The van der Waals surface area contributed by atoms with Crippen LogP contribution in [0.15, 0.2) is 53.7 Å². The predicted octanol–water partition coefficient (Wildman–Crippen LogP) is 4.89. The van der Waals surface area contributed by atoms with E-state index in [1.54, 1.807) is 30.1 Å². The molecule has 0 radical (unpaired) electrons. The number of rotatable bonds is 10. The number of nitrogens with zero attached hydrogens (tertiary/aromatic N) is 4. The zero-order valence-electron chi connectivity index (χ0n) is 18.9. The minimum absolute atomic E-state index is 0.0181. The van der Waals surface area contributed by atoms with E-state index in [1.165, 1.54) is 17.8 Å². The fourth-order valence-corrected chi connectivity index (χ4v) is 4.11. The maximum absolute atomic E-state index is 14.3. The molecule has 2 aromatic carbocycles. The van der Waals surface area contributed by atoms with Crippen molar-refractivity contribution in [2.75, 3.05) is 19.4 Å². The van der Waals surface area contributed by atoms with Gasteiger partial charge in [-0.05, 0) is 42.7 Å². The lowest BCUT2D eigenvalue weighted by molar-refractivity contribution is -0.127. The van der Waals surface area contributed by atoms with E-state index >= 15 is 0 Å². The molecule has 0 unspecified atom stereocenters. The number of carbonyl (C=O) groups is 1. The highest BCUT2D eigenvalue weighted by molar-refractivity contribution is 7.99. The van der Waals surface area contributed by atoms with Crippen LogP contribution in [0, 0.1) is 11.7 Å². The topological polar surface area (TPSA) is 60.2 Å². The number of carbonyl (C=O) groups excluding carboxylic acids is 1. The molecule has 0 N–H and O–H groups in total. The van der Waals surface area contributed by atoms with Gasteiger partial charge in [-0.25, -0.2) is 4.39 Å². The maximum Gasteiger partial charge on any atom is 0.233 e. The lowest BCUT2D eigenvalue weighted by Gasteiger charge is -2.18. The lowest BCUT2D eigenvalue weighted by atomic mass is 10.2. The molecule has 0 fully saturated rings. The number of thioether (sulfide) groups is 1. The van der Waals surface area contributed by atoms with E-state index in [0.29, 0.717) is 42.2 Å². The van der Waals surface area contributed by atoms with E-state index in [-0.39, 0.29) is 17.5 Å². The lowest BCUT2D eigenvalue weighted by Crippen LogP contribution is -2.28. The van der Waals surface area contributed by atoms with Crippen molar-refractivity contribution in [2.24, 2.45) is 5.92 Å². The highest BCUT2D eigenvalue weighted by Gasteiger charge is 2.19. The van der Waals surface area contributed by atoms with Crippen molar-refractivity contribution in [3.05, 3.63) is 59.9 Å². The van der Waals surface area contributed by atoms with Gasteiger partial charge in [-0.2, -0.15) is 0 Å². The molecular weight excluding hydrogens is 427 g/mol. The Morgan fingerprint density at radius 1 is 1.16 bits per heavy atom. The molecule has 0 aliphatic heterocycles. The highest BCUT2D eigenvalue weighted by atomic mass is 32.2. The summed E-state index contributed by atoms with van der Waals surface area (Å²) < 4.78 is 21.7. The van der Waals surface area contributed by atoms with Gasteiger partial charge in [0.15, 0.2) is 11.0 Å². The molecule has 0 aliphatic rings. The number of ether oxygens (including phenoxy) is 1. The number of hydrogen-bond acceptors (Lipinski definition) is 5. The first-order chi connectivity index (χ1) is 15.4. The quantitative estimate of drug-likeness (QED) is 0.407. The van der Waals surface area contributed by atoms with E-state index in [9.17, 15) is 9.18 Å². The summed E-state index contributed by atoms with van der Waals surface area (Å²) in [6, 6.07) is 14.3. The molecule has 0 aliphatic carbocycles. The second-order valence-corrected chi connectivity index (χ2v) is 8.85. The molecule has 1 heterocycles. The smallest absolute Gasteiger partial charge is 0.233 e. The van der Waals surface area contributed by atoms with E-state index in [2.05, 4.69) is 24.0 Å². The van der Waals surface area contributed by atoms with Gasteiger partial charge in [0.2, 0.25) is 5.91 Å². The van der Waals surface area contributed by atoms with Crippen LogP contribution in [0.25, 0.3) is 11.4 Å². The van der Waals surface area contributed by atoms with E-state index in [0.717, 1.165) is 11.3 Å². The Bertz CT molecular complexity index is 1040. The largest absolute Gasteiger partial charge is 0.494 e. The minimum atomic E-state index is -0.340. The van der Waals surface area contributed by atoms with Crippen molar-refractivity contribution in [3.63, 3.8) is 0 Å². The fraction of sp³-hybridized carbons (Fsp3) is 0.375. The second kappa shape index (κ2) is 11.1. The Morgan fingerprint density at radius 3 is 2.53 bits per heavy atom. The average molecular weight is 457 g/mol. The molecule has 6 nitrogen and oxygen atoms in total. The van der Waals surface area contributed by atoms with Crippen molar-refractivity contribution in [1.82, 2.24) is 19.7 Å². The SMILES string of the molecule is CCOc1ccc(CN(C)C(=O)CSc2nnc(-c3ccccc3F)n2CC(C)C)cc1. The summed E-state index contributed by atoms with van der Waals surface area (Å²) in [6.07, 6.45) is 0. The summed E-state index contributed by atoms with van der Waals surface area (Å²) in [5, 5.41) is 9.09. The second-order valence-electron chi connectivity index (χ2n) is 7.91. The van der Waals surface area contributed by atoms with Crippen LogP contribution in [-0.4, -0.2) is 45.0 Å². The minimum Gasteiger partial charge on any atom is -0.494 e. The van der Waals surface area contributed by atoms with Crippen LogP contribution in [0.3, 0.4) is 0 Å². The summed E-state index contributed by atoms with van der Waals surface area (Å²) in [4.78, 5) is 14.4. The molecular formula is C24H29FN4O2S. The molecule has 0 spiro atoms. The van der Waals surface area contributed by atoms with E-state index in [4.69, 9.17) is 4.74 Å². The molecule has 8 heteroatoms. The van der Waals surface area contributed by atoms with E-state index < -0.39 is 0 Å². The van der Waals surface area contributed by atoms with E-state index in [1.807, 2.05) is 35.8 Å². The van der Waals surface area contributed by atoms with Crippen molar-refractivity contribution in [3.8, 4) is 17.1 Å². The van der Waals surface area contributed by atoms with Gasteiger partial charge in [-0.3, -0.25) is 4.79 Å². The van der Waals surface area contributed by atoms with Crippen LogP contribution < -0.4 is 4.74 Å². The summed E-state index contributed by atoms with van der Waals surface area (Å²) in [7, 11) is 1.78. The molecule has 0 saturated carbocycles. The number of benzene rings is 2. The summed E-state index contributed by atoms with van der Waals surface area (Å²) >= 11 is 1.32. The Balaban J connectivity index is 1.67. The zero-order valence-corrected chi connectivity index (χ0v) is 19.7. The molecule has 0 bridgehead atoms. The van der Waals surface area contributed by atoms with Crippen molar-refractivity contribution < 1.29 is 13.9 Å². The molecule has 0 atom stereocenters. The van der Waals surface area contributed by atoms with Crippen molar-refractivity contribution in [1.29, 1.82) is 0 Å². The van der Waals surface area contributed by atoms with Crippen LogP contribution in [0.4, 0.5) is 4.39 Å². The summed E-state index contributed by atoms with van der Waals surface area (Å²) in [5.41, 5.74) is 1.44. The molecule has 1 amide bonds. The third-order valence-electron chi connectivity index (χ3n) is 4.78. The highest BCUT2D eigenvalue weighted by Crippen LogP contribution is 2.27. The van der Waals surface area contributed by atoms with Gasteiger partial charge >= 0.3 is 0 Å². The van der Waals surface area contributed by atoms with Gasteiger partial charge in [0.1, 0.15) is 11.6 Å². The van der Waals surface area contributed by atoms with Crippen LogP contribution in [0.2, 0.25) is 0 Å². The predicted molar refractivity (Wildman–Crippen MR) is 125 cm³/mol. The first-order valence-corrected chi connectivity index (χ1v) is 11.6. The van der Waals surface area contributed by atoms with Gasteiger partial charge in [0.05, 0.1) is 17.9 Å². The zero-order chi connectivity index (χ0) is 23.1. The molecule has 3 rings (SSSR count). The summed E-state index contributed by atoms with van der Waals surface area (Å²) in [5.74, 6) is 1.48. The number of amides is 1. The number of aromatic nitrogens is 3. The molecule has 3 aromatic rings. The third kappa shape index (κ3) is 6.09. The first kappa shape index (κ1) is 23.8. The van der Waals surface area contributed by atoms with Crippen molar-refractivity contribution >= 4 is 17.7 Å². The Kier molecular flexibility index (Phi) is 8.27. The molecule has 170 valence electrons. The van der Waals surface area contributed by atoms with Gasteiger partial charge in [-0.1, -0.05) is 49.9 Å². The van der Waals surface area contributed by atoms with Gasteiger partial charge in [-0.15, -0.1) is 10.2 Å². The number of hydrogen-bond donors (Lipinski definition) is 0. The van der Waals surface area contributed by atoms with Crippen LogP contribution in [-0.2, 0) is 17.9 Å². The first-order valence-electron chi connectivity index (χ1n) is 10.7. The number of halogens is 1. The monoisotopic (exact) mass is 456 g/mol. The average Bonchev–Trinajstić information content (AvgIpc) is 3.15. The normalized spacial score (nSPS) is 11.1. The van der Waals surface area contributed by atoms with Crippen LogP contribution in [0.1, 0.15) is 26.3 Å². The Labute approximate surface area is 192 Å².